The van der Waals surface area contributed by atoms with Gasteiger partial charge in [0, 0.05) is 37.7 Å². The van der Waals surface area contributed by atoms with Crippen molar-refractivity contribution < 1.29 is 23.8 Å². The molecule has 0 aromatic carbocycles. The van der Waals surface area contributed by atoms with Crippen LogP contribution < -0.4 is 0 Å². The molecule has 4 aliphatic rings. The summed E-state index contributed by atoms with van der Waals surface area (Å²) in [5, 5.41) is 0. The monoisotopic (exact) mass is 404 g/mol. The van der Waals surface area contributed by atoms with Crippen LogP contribution in [0.15, 0.2) is 23.8 Å². The number of amides is 1. The highest BCUT2D eigenvalue weighted by atomic mass is 16.6. The number of carbonyl (C=O) groups is 2. The second kappa shape index (κ2) is 8.11. The minimum absolute atomic E-state index is 0.0337. The molecule has 7 heteroatoms. The molecular formula is C22H32N2O5. The molecule has 0 bridgehead atoms. The third-order valence-electron chi connectivity index (χ3n) is 6.90. The third kappa shape index (κ3) is 4.21. The van der Waals surface area contributed by atoms with E-state index in [1.54, 1.807) is 4.90 Å². The number of esters is 1. The van der Waals surface area contributed by atoms with Gasteiger partial charge in [0.25, 0.3) is 0 Å². The summed E-state index contributed by atoms with van der Waals surface area (Å²) in [7, 11) is 0. The molecule has 1 amide bonds. The number of carbonyl (C=O) groups excluding carboxylic acids is 2. The van der Waals surface area contributed by atoms with Gasteiger partial charge < -0.3 is 24.0 Å². The zero-order valence-electron chi connectivity index (χ0n) is 17.5. The van der Waals surface area contributed by atoms with Crippen molar-refractivity contribution in [2.24, 2.45) is 5.92 Å². The molecule has 0 radical (unpaired) electrons. The highest BCUT2D eigenvalue weighted by Crippen LogP contribution is 2.49. The van der Waals surface area contributed by atoms with Crippen molar-refractivity contribution in [1.29, 1.82) is 0 Å². The summed E-state index contributed by atoms with van der Waals surface area (Å²) in [6, 6.07) is 0. The summed E-state index contributed by atoms with van der Waals surface area (Å²) in [6.07, 6.45) is 4.90. The molecule has 160 valence electrons. The fourth-order valence-corrected chi connectivity index (χ4v) is 4.74. The van der Waals surface area contributed by atoms with Gasteiger partial charge in [-0.05, 0) is 44.7 Å². The topological polar surface area (TPSA) is 71.6 Å². The standard InChI is InChI=1S/C22H32N2O5/c1-4-23-10-12-24(13-11-23)21(26)27-14-16-6-5-9-22(3)19(29-22)18-17(8-7-16)15(2)20(25)28-18/h6,17-19H,2,4-5,7-14H2,1,3H3/b16-6+/t17-,18-,19-,22+/m0/s1. The van der Waals surface area contributed by atoms with E-state index in [4.69, 9.17) is 14.2 Å². The van der Waals surface area contributed by atoms with Crippen molar-refractivity contribution in [2.75, 3.05) is 39.3 Å². The van der Waals surface area contributed by atoms with Gasteiger partial charge in [0.15, 0.2) is 0 Å². The lowest BCUT2D eigenvalue weighted by molar-refractivity contribution is -0.140. The zero-order chi connectivity index (χ0) is 20.6. The lowest BCUT2D eigenvalue weighted by Gasteiger charge is -2.33. The van der Waals surface area contributed by atoms with Gasteiger partial charge in [-0.25, -0.2) is 9.59 Å². The van der Waals surface area contributed by atoms with Gasteiger partial charge in [-0.15, -0.1) is 0 Å². The zero-order valence-corrected chi connectivity index (χ0v) is 17.5. The van der Waals surface area contributed by atoms with Gasteiger partial charge in [-0.3, -0.25) is 0 Å². The summed E-state index contributed by atoms with van der Waals surface area (Å²) in [5.74, 6) is -0.339. The quantitative estimate of drug-likeness (QED) is 0.312. The average molecular weight is 405 g/mol. The minimum Gasteiger partial charge on any atom is -0.455 e. The molecule has 0 aromatic heterocycles. The van der Waals surface area contributed by atoms with Crippen molar-refractivity contribution in [3.05, 3.63) is 23.8 Å². The van der Waals surface area contributed by atoms with E-state index in [1.807, 2.05) is 0 Å². The number of rotatable bonds is 3. The smallest absolute Gasteiger partial charge is 0.410 e. The first kappa shape index (κ1) is 20.4. The predicted molar refractivity (Wildman–Crippen MR) is 107 cm³/mol. The normalized spacial score (nSPS) is 37.1. The Morgan fingerprint density at radius 1 is 1.34 bits per heavy atom. The molecule has 0 N–H and O–H groups in total. The first-order chi connectivity index (χ1) is 13.9. The minimum atomic E-state index is -0.305. The van der Waals surface area contributed by atoms with Gasteiger partial charge in [0.2, 0.25) is 0 Å². The number of likely N-dealkylation sites (N-methyl/N-ethyl adjacent to an activating group) is 1. The van der Waals surface area contributed by atoms with Gasteiger partial charge in [0.05, 0.1) is 5.60 Å². The molecule has 0 unspecified atom stereocenters. The SMILES string of the molecule is C=C1C(=O)O[C@H]2[C@H]1CC/C(COC(=O)N1CCN(CC)CC1)=C\CC[C@@]1(C)O[C@@H]21. The summed E-state index contributed by atoms with van der Waals surface area (Å²) in [6.45, 7) is 12.7. The molecule has 3 fully saturated rings. The number of piperazine rings is 1. The van der Waals surface area contributed by atoms with Crippen LogP contribution in [0.4, 0.5) is 4.79 Å². The summed E-state index contributed by atoms with van der Waals surface area (Å²) >= 11 is 0. The number of hydrogen-bond acceptors (Lipinski definition) is 6. The Kier molecular flexibility index (Phi) is 5.71. The maximum Gasteiger partial charge on any atom is 0.410 e. The Labute approximate surface area is 172 Å². The fourth-order valence-electron chi connectivity index (χ4n) is 4.74. The third-order valence-corrected chi connectivity index (χ3v) is 6.90. The molecule has 3 heterocycles. The molecule has 0 spiro atoms. The van der Waals surface area contributed by atoms with Crippen molar-refractivity contribution in [3.63, 3.8) is 0 Å². The van der Waals surface area contributed by atoms with Crippen molar-refractivity contribution in [1.82, 2.24) is 9.80 Å². The van der Waals surface area contributed by atoms with Crippen molar-refractivity contribution in [2.45, 2.75) is 57.3 Å². The number of nitrogens with zero attached hydrogens (tertiary/aromatic N) is 2. The predicted octanol–water partition coefficient (Wildman–Crippen LogP) is 2.52. The maximum atomic E-state index is 12.5. The number of allylic oxidation sites excluding steroid dienone is 1. The Balaban J connectivity index is 1.35. The van der Waals surface area contributed by atoms with Crippen molar-refractivity contribution in [3.8, 4) is 0 Å². The Morgan fingerprint density at radius 2 is 2.10 bits per heavy atom. The van der Waals surface area contributed by atoms with Gasteiger partial charge in [0.1, 0.15) is 18.8 Å². The number of ether oxygens (including phenoxy) is 3. The van der Waals surface area contributed by atoms with Crippen LogP contribution >= 0.6 is 0 Å². The summed E-state index contributed by atoms with van der Waals surface area (Å²) < 4.78 is 17.1. The molecule has 1 aliphatic carbocycles. The summed E-state index contributed by atoms with van der Waals surface area (Å²) in [5.41, 5.74) is 1.39. The van der Waals surface area contributed by atoms with Crippen LogP contribution in [0, 0.1) is 5.92 Å². The largest absolute Gasteiger partial charge is 0.455 e. The molecule has 3 aliphatic heterocycles. The number of epoxide rings is 1. The van der Waals surface area contributed by atoms with E-state index < -0.39 is 0 Å². The number of fused-ring (bicyclic) bond motifs is 3. The lowest BCUT2D eigenvalue weighted by Crippen LogP contribution is -2.48. The molecule has 0 aromatic rings. The van der Waals surface area contributed by atoms with Crippen LogP contribution in [-0.2, 0) is 19.0 Å². The van der Waals surface area contributed by atoms with E-state index in [9.17, 15) is 9.59 Å². The van der Waals surface area contributed by atoms with Gasteiger partial charge in [-0.1, -0.05) is 19.6 Å². The van der Waals surface area contributed by atoms with E-state index in [1.165, 1.54) is 0 Å². The first-order valence-corrected chi connectivity index (χ1v) is 10.8. The van der Waals surface area contributed by atoms with Crippen molar-refractivity contribution >= 4 is 12.1 Å². The van der Waals surface area contributed by atoms with E-state index in [2.05, 4.69) is 31.4 Å². The molecule has 0 saturated carbocycles. The molecule has 7 nitrogen and oxygen atoms in total. The van der Waals surface area contributed by atoms with Gasteiger partial charge in [-0.2, -0.15) is 0 Å². The van der Waals surface area contributed by atoms with E-state index in [-0.39, 0.29) is 35.8 Å². The Morgan fingerprint density at radius 3 is 2.83 bits per heavy atom. The van der Waals surface area contributed by atoms with E-state index >= 15 is 0 Å². The molecule has 29 heavy (non-hydrogen) atoms. The lowest BCUT2D eigenvalue weighted by atomic mass is 9.84. The average Bonchev–Trinajstić information content (AvgIpc) is 3.32. The highest BCUT2D eigenvalue weighted by Gasteiger charge is 2.61. The Hall–Kier alpha value is -1.86. The molecular weight excluding hydrogens is 372 g/mol. The molecule has 4 rings (SSSR count). The molecule has 4 atom stereocenters. The van der Waals surface area contributed by atoms with Crippen LogP contribution in [0.25, 0.3) is 0 Å². The first-order valence-electron chi connectivity index (χ1n) is 10.8. The van der Waals surface area contributed by atoms with E-state index in [0.717, 1.165) is 50.9 Å². The maximum absolute atomic E-state index is 12.5. The van der Waals surface area contributed by atoms with Crippen LogP contribution in [0.5, 0.6) is 0 Å². The van der Waals surface area contributed by atoms with E-state index in [0.29, 0.717) is 25.3 Å². The summed E-state index contributed by atoms with van der Waals surface area (Å²) in [4.78, 5) is 28.6. The van der Waals surface area contributed by atoms with Crippen LogP contribution in [-0.4, -0.2) is 79.0 Å². The van der Waals surface area contributed by atoms with Crippen LogP contribution in [0.3, 0.4) is 0 Å². The second-order valence-electron chi connectivity index (χ2n) is 8.77. The fraction of sp³-hybridized carbons (Fsp3) is 0.727. The number of hydrogen-bond donors (Lipinski definition) is 0. The second-order valence-corrected chi connectivity index (χ2v) is 8.77. The molecule has 3 saturated heterocycles. The Bertz CT molecular complexity index is 712. The van der Waals surface area contributed by atoms with Crippen LogP contribution in [0.2, 0.25) is 0 Å². The van der Waals surface area contributed by atoms with Crippen LogP contribution in [0.1, 0.15) is 39.5 Å². The highest BCUT2D eigenvalue weighted by molar-refractivity contribution is 5.91. The van der Waals surface area contributed by atoms with Gasteiger partial charge >= 0.3 is 12.1 Å².